The molecule has 0 amide bonds. The molecule has 7 nitrogen and oxygen atoms in total. The minimum atomic E-state index is -0.0382. The van der Waals surface area contributed by atoms with Crippen molar-refractivity contribution in [1.29, 1.82) is 0 Å². The van der Waals surface area contributed by atoms with E-state index in [-0.39, 0.29) is 5.96 Å². The third-order valence-electron chi connectivity index (χ3n) is 2.31. The van der Waals surface area contributed by atoms with Gasteiger partial charge in [-0.2, -0.15) is 0 Å². The number of unbranched alkanes of at least 4 members (excludes halogenated alkanes) is 4. The molecule has 0 spiro atoms. The Labute approximate surface area is 102 Å². The molecule has 0 aliphatic heterocycles. The van der Waals surface area contributed by atoms with E-state index in [1.165, 1.54) is 0 Å². The Balaban J connectivity index is 3.19. The van der Waals surface area contributed by atoms with Crippen molar-refractivity contribution in [2.45, 2.75) is 45.4 Å². The Kier molecular flexibility index (Phi) is 10.0. The maximum atomic E-state index is 8.43. The molecule has 0 unspecified atom stereocenters. The maximum absolute atomic E-state index is 8.43. The van der Waals surface area contributed by atoms with Crippen molar-refractivity contribution in [3.63, 3.8) is 0 Å². The van der Waals surface area contributed by atoms with Crippen molar-refractivity contribution >= 4 is 11.7 Å². The monoisotopic (exact) mass is 245 g/mol. The van der Waals surface area contributed by atoms with E-state index in [9.17, 15) is 0 Å². The van der Waals surface area contributed by atoms with Crippen LogP contribution in [0.5, 0.6) is 0 Å². The molecular weight excluding hydrogens is 222 g/mol. The molecule has 0 aromatic rings. The zero-order valence-corrected chi connectivity index (χ0v) is 10.3. The molecule has 6 N–H and O–H groups in total. The van der Waals surface area contributed by atoms with Crippen LogP contribution in [0.3, 0.4) is 0 Å². The minimum Gasteiger partial charge on any atom is -0.411 e. The van der Waals surface area contributed by atoms with Crippen LogP contribution in [0, 0.1) is 0 Å². The summed E-state index contributed by atoms with van der Waals surface area (Å²) >= 11 is 0. The summed E-state index contributed by atoms with van der Waals surface area (Å²) in [5.74, 6) is -0.0382. The van der Waals surface area contributed by atoms with Gasteiger partial charge in [-0.05, 0) is 26.2 Å². The first-order valence-electron chi connectivity index (χ1n) is 5.84. The van der Waals surface area contributed by atoms with Crippen molar-refractivity contribution in [3.8, 4) is 0 Å². The molecule has 0 aliphatic rings. The molecule has 0 saturated carbocycles. The fraction of sp³-hybridized carbons (Fsp3) is 0.800. The molecule has 0 aromatic carbocycles. The van der Waals surface area contributed by atoms with Crippen molar-refractivity contribution < 1.29 is 10.4 Å². The van der Waals surface area contributed by atoms with Gasteiger partial charge in [0.1, 0.15) is 0 Å². The van der Waals surface area contributed by atoms with Crippen molar-refractivity contribution in [3.05, 3.63) is 0 Å². The summed E-state index contributed by atoms with van der Waals surface area (Å²) in [6, 6.07) is 0. The Morgan fingerprint density at radius 1 is 1.18 bits per heavy atom. The largest absolute Gasteiger partial charge is 0.411 e. The highest BCUT2D eigenvalue weighted by atomic mass is 16.5. The second-order valence-corrected chi connectivity index (χ2v) is 3.87. The van der Waals surface area contributed by atoms with Gasteiger partial charge in [-0.25, -0.2) is 5.48 Å². The number of oxime groups is 1. The highest BCUT2D eigenvalue weighted by Crippen LogP contribution is 2.05. The van der Waals surface area contributed by atoms with Gasteiger partial charge in [-0.15, -0.1) is 5.10 Å². The molecule has 0 aromatic heterocycles. The average Bonchev–Trinajstić information content (AvgIpc) is 2.35. The summed E-state index contributed by atoms with van der Waals surface area (Å²) in [7, 11) is 0. The Morgan fingerprint density at radius 3 is 2.47 bits per heavy atom. The molecule has 0 saturated heterocycles. The first-order chi connectivity index (χ1) is 8.20. The smallest absolute Gasteiger partial charge is 0.234 e. The van der Waals surface area contributed by atoms with Crippen molar-refractivity contribution in [2.24, 2.45) is 16.0 Å². The van der Waals surface area contributed by atoms with E-state index in [0.29, 0.717) is 0 Å². The van der Waals surface area contributed by atoms with Crippen LogP contribution in [-0.4, -0.2) is 28.6 Å². The molecule has 0 rings (SSSR count). The molecule has 0 radical (unpaired) electrons. The van der Waals surface area contributed by atoms with E-state index < -0.39 is 0 Å². The quantitative estimate of drug-likeness (QED) is 0.136. The van der Waals surface area contributed by atoms with Crippen LogP contribution < -0.4 is 16.6 Å². The lowest BCUT2D eigenvalue weighted by Gasteiger charge is -2.02. The van der Waals surface area contributed by atoms with Gasteiger partial charge < -0.3 is 16.4 Å². The van der Waals surface area contributed by atoms with Crippen LogP contribution in [0.4, 0.5) is 0 Å². The Hall–Kier alpha value is -1.50. The number of hydroxylamine groups is 1. The van der Waals surface area contributed by atoms with Crippen LogP contribution in [0.15, 0.2) is 10.3 Å². The van der Waals surface area contributed by atoms with E-state index in [4.69, 9.17) is 16.1 Å². The molecule has 0 aliphatic carbocycles. The summed E-state index contributed by atoms with van der Waals surface area (Å²) in [6.45, 7) is 2.56. The molecule has 7 heteroatoms. The summed E-state index contributed by atoms with van der Waals surface area (Å²) < 4.78 is 0. The number of hydrogen-bond acceptors (Lipinski definition) is 5. The van der Waals surface area contributed by atoms with E-state index in [2.05, 4.69) is 15.7 Å². The second-order valence-electron chi connectivity index (χ2n) is 3.87. The lowest BCUT2D eigenvalue weighted by molar-refractivity contribution is 0.232. The highest BCUT2D eigenvalue weighted by Gasteiger charge is 1.94. The van der Waals surface area contributed by atoms with Gasteiger partial charge in [-0.1, -0.05) is 24.4 Å². The number of rotatable bonds is 9. The van der Waals surface area contributed by atoms with E-state index in [0.717, 1.165) is 50.8 Å². The molecule has 17 heavy (non-hydrogen) atoms. The normalized spacial score (nSPS) is 12.6. The Morgan fingerprint density at radius 2 is 1.82 bits per heavy atom. The van der Waals surface area contributed by atoms with Crippen LogP contribution >= 0.6 is 0 Å². The SMILES string of the molecule is CC(CCCCCCCN/N=C(/N)NO)=NO. The van der Waals surface area contributed by atoms with Gasteiger partial charge in [0.25, 0.3) is 0 Å². The van der Waals surface area contributed by atoms with Gasteiger partial charge in [0.2, 0.25) is 5.96 Å². The number of nitrogens with zero attached hydrogens (tertiary/aromatic N) is 2. The topological polar surface area (TPSA) is 115 Å². The Bertz CT molecular complexity index is 243. The number of hydrogen-bond donors (Lipinski definition) is 5. The third-order valence-corrected chi connectivity index (χ3v) is 2.31. The van der Waals surface area contributed by atoms with Gasteiger partial charge in [0, 0.05) is 6.54 Å². The fourth-order valence-corrected chi connectivity index (χ4v) is 1.33. The van der Waals surface area contributed by atoms with Gasteiger partial charge >= 0.3 is 0 Å². The highest BCUT2D eigenvalue weighted by molar-refractivity contribution is 5.81. The third kappa shape index (κ3) is 10.8. The maximum Gasteiger partial charge on any atom is 0.234 e. The standard InChI is InChI=1S/C10H23N5O2/c1-9(14-16)7-5-3-2-4-6-8-12-13-10(11)15-17/h12,16-17H,2-8H2,1H3,(H3,11,13,15). The van der Waals surface area contributed by atoms with Gasteiger partial charge in [0.05, 0.1) is 5.71 Å². The summed E-state index contributed by atoms with van der Waals surface area (Å²) in [6.07, 6.45) is 6.33. The molecule has 0 heterocycles. The lowest BCUT2D eigenvalue weighted by Crippen LogP contribution is -2.31. The average molecular weight is 245 g/mol. The van der Waals surface area contributed by atoms with Crippen LogP contribution in [-0.2, 0) is 0 Å². The lowest BCUT2D eigenvalue weighted by atomic mass is 10.1. The predicted molar refractivity (Wildman–Crippen MR) is 67.1 cm³/mol. The van der Waals surface area contributed by atoms with Crippen LogP contribution in [0.25, 0.3) is 0 Å². The van der Waals surface area contributed by atoms with Crippen molar-refractivity contribution in [1.82, 2.24) is 10.9 Å². The summed E-state index contributed by atoms with van der Waals surface area (Å²) in [5, 5.41) is 23.5. The zero-order valence-electron chi connectivity index (χ0n) is 10.3. The van der Waals surface area contributed by atoms with E-state index >= 15 is 0 Å². The van der Waals surface area contributed by atoms with E-state index in [1.807, 2.05) is 6.92 Å². The molecule has 0 bridgehead atoms. The molecule has 0 atom stereocenters. The molecular formula is C10H23N5O2. The number of guanidine groups is 1. The first kappa shape index (κ1) is 15.5. The summed E-state index contributed by atoms with van der Waals surface area (Å²) in [5.41, 5.74) is 10.5. The minimum absolute atomic E-state index is 0.0382. The van der Waals surface area contributed by atoms with E-state index in [1.54, 1.807) is 5.48 Å². The zero-order chi connectivity index (χ0) is 12.9. The number of nitrogens with one attached hydrogen (secondary N) is 2. The van der Waals surface area contributed by atoms with Crippen LogP contribution in [0.1, 0.15) is 45.4 Å². The number of hydrazone groups is 1. The van der Waals surface area contributed by atoms with Crippen molar-refractivity contribution in [2.75, 3.05) is 6.54 Å². The first-order valence-corrected chi connectivity index (χ1v) is 5.84. The molecule has 100 valence electrons. The number of nitrogens with two attached hydrogens (primary N) is 1. The van der Waals surface area contributed by atoms with Gasteiger partial charge in [-0.3, -0.25) is 5.21 Å². The second kappa shape index (κ2) is 11.0. The molecule has 0 fully saturated rings. The van der Waals surface area contributed by atoms with Crippen LogP contribution in [0.2, 0.25) is 0 Å². The predicted octanol–water partition coefficient (Wildman–Crippen LogP) is 0.975. The summed E-state index contributed by atoms with van der Waals surface area (Å²) in [4.78, 5) is 0. The van der Waals surface area contributed by atoms with Gasteiger partial charge in [0.15, 0.2) is 0 Å². The fourth-order valence-electron chi connectivity index (χ4n) is 1.33.